The van der Waals surface area contributed by atoms with E-state index < -0.39 is 12.1 Å². The van der Waals surface area contributed by atoms with E-state index in [1.165, 1.54) is 6.08 Å². The minimum Gasteiger partial charge on any atom is -0.431 e. The first-order chi connectivity index (χ1) is 8.08. The zero-order chi connectivity index (χ0) is 12.7. The minimum atomic E-state index is -0.984. The molecule has 0 aliphatic rings. The van der Waals surface area contributed by atoms with Crippen LogP contribution in [0.1, 0.15) is 19.4 Å². The first-order valence-corrected chi connectivity index (χ1v) is 5.23. The molecule has 0 aliphatic heterocycles. The van der Waals surface area contributed by atoms with E-state index in [0.29, 0.717) is 0 Å². The molecule has 0 bridgehead atoms. The van der Waals surface area contributed by atoms with Crippen molar-refractivity contribution < 1.29 is 19.1 Å². The third-order valence-corrected chi connectivity index (χ3v) is 1.73. The Hall–Kier alpha value is -2.10. The van der Waals surface area contributed by atoms with Crippen LogP contribution in [0.15, 0.2) is 36.4 Å². The lowest BCUT2D eigenvalue weighted by Crippen LogP contribution is -2.15. The van der Waals surface area contributed by atoms with Gasteiger partial charge in [-0.05, 0) is 25.5 Å². The molecule has 4 heteroatoms. The topological polar surface area (TPSA) is 52.6 Å². The largest absolute Gasteiger partial charge is 0.516 e. The number of hydrogen-bond acceptors (Lipinski definition) is 4. The van der Waals surface area contributed by atoms with Gasteiger partial charge in [0, 0.05) is 6.08 Å². The van der Waals surface area contributed by atoms with Crippen molar-refractivity contribution >= 4 is 18.2 Å². The van der Waals surface area contributed by atoms with Gasteiger partial charge in [-0.3, -0.25) is 0 Å². The molecule has 1 aromatic rings. The van der Waals surface area contributed by atoms with Crippen LogP contribution in [0, 0.1) is 0 Å². The second-order valence-corrected chi connectivity index (χ2v) is 3.58. The van der Waals surface area contributed by atoms with E-state index >= 15 is 0 Å². The maximum Gasteiger partial charge on any atom is 0.516 e. The highest BCUT2D eigenvalue weighted by molar-refractivity contribution is 5.93. The molecule has 0 fully saturated rings. The summed E-state index contributed by atoms with van der Waals surface area (Å²) in [6.45, 7) is 3.34. The molecule has 90 valence electrons. The van der Waals surface area contributed by atoms with Gasteiger partial charge >= 0.3 is 12.1 Å². The Morgan fingerprint density at radius 1 is 1.18 bits per heavy atom. The Morgan fingerprint density at radius 2 is 1.82 bits per heavy atom. The zero-order valence-corrected chi connectivity index (χ0v) is 9.75. The summed E-state index contributed by atoms with van der Waals surface area (Å²) >= 11 is 0. The summed E-state index contributed by atoms with van der Waals surface area (Å²) in [5, 5.41) is 0. The molecule has 0 amide bonds. The smallest absolute Gasteiger partial charge is 0.431 e. The van der Waals surface area contributed by atoms with Crippen molar-refractivity contribution in [3.05, 3.63) is 42.0 Å². The van der Waals surface area contributed by atoms with Gasteiger partial charge < -0.3 is 9.47 Å². The first kappa shape index (κ1) is 13.0. The van der Waals surface area contributed by atoms with Crippen molar-refractivity contribution in [1.29, 1.82) is 0 Å². The van der Waals surface area contributed by atoms with Gasteiger partial charge in [0.05, 0.1) is 6.10 Å². The number of benzene rings is 1. The Balaban J connectivity index is 2.45. The van der Waals surface area contributed by atoms with Gasteiger partial charge in [-0.25, -0.2) is 9.59 Å². The van der Waals surface area contributed by atoms with Crippen molar-refractivity contribution in [3.63, 3.8) is 0 Å². The van der Waals surface area contributed by atoms with Gasteiger partial charge in [0.1, 0.15) is 0 Å². The quantitative estimate of drug-likeness (QED) is 0.458. The Morgan fingerprint density at radius 3 is 2.41 bits per heavy atom. The summed E-state index contributed by atoms with van der Waals surface area (Å²) < 4.78 is 9.05. The minimum absolute atomic E-state index is 0.312. The fourth-order valence-electron chi connectivity index (χ4n) is 1.06. The van der Waals surface area contributed by atoms with E-state index in [1.807, 2.05) is 30.3 Å². The van der Waals surface area contributed by atoms with E-state index in [9.17, 15) is 9.59 Å². The van der Waals surface area contributed by atoms with Crippen LogP contribution in [0.2, 0.25) is 0 Å². The summed E-state index contributed by atoms with van der Waals surface area (Å²) in [5.74, 6) is -0.750. The summed E-state index contributed by atoms with van der Waals surface area (Å²) in [4.78, 5) is 22.2. The van der Waals surface area contributed by atoms with Crippen LogP contribution in [0.3, 0.4) is 0 Å². The van der Waals surface area contributed by atoms with Crippen LogP contribution >= 0.6 is 0 Å². The molecule has 1 rings (SSSR count). The van der Waals surface area contributed by atoms with E-state index in [2.05, 4.69) is 9.47 Å². The second-order valence-electron chi connectivity index (χ2n) is 3.58. The third kappa shape index (κ3) is 5.51. The normalized spacial score (nSPS) is 10.5. The van der Waals surface area contributed by atoms with Gasteiger partial charge in [0.25, 0.3) is 0 Å². The number of rotatable bonds is 3. The summed E-state index contributed by atoms with van der Waals surface area (Å²) in [7, 11) is 0. The molecular weight excluding hydrogens is 220 g/mol. The van der Waals surface area contributed by atoms with E-state index in [1.54, 1.807) is 19.9 Å². The highest BCUT2D eigenvalue weighted by atomic mass is 16.7. The molecule has 0 atom stereocenters. The Kier molecular flexibility index (Phi) is 4.94. The molecule has 0 unspecified atom stereocenters. The average molecular weight is 234 g/mol. The van der Waals surface area contributed by atoms with Crippen LogP contribution in [0.4, 0.5) is 4.79 Å². The predicted octanol–water partition coefficient (Wildman–Crippen LogP) is 2.79. The van der Waals surface area contributed by atoms with E-state index in [4.69, 9.17) is 0 Å². The number of esters is 1. The molecular formula is C13H14O4. The van der Waals surface area contributed by atoms with Crippen molar-refractivity contribution in [1.82, 2.24) is 0 Å². The molecule has 17 heavy (non-hydrogen) atoms. The van der Waals surface area contributed by atoms with Gasteiger partial charge in [0.15, 0.2) is 0 Å². The average Bonchev–Trinajstić information content (AvgIpc) is 2.26. The summed E-state index contributed by atoms with van der Waals surface area (Å²) in [6, 6.07) is 9.22. The SMILES string of the molecule is CC(C)OC(=O)OC(=O)/C=C/c1ccccc1. The molecule has 0 aromatic heterocycles. The van der Waals surface area contributed by atoms with Crippen molar-refractivity contribution in [2.24, 2.45) is 0 Å². The third-order valence-electron chi connectivity index (χ3n) is 1.73. The van der Waals surface area contributed by atoms with E-state index in [-0.39, 0.29) is 6.10 Å². The van der Waals surface area contributed by atoms with Crippen molar-refractivity contribution in [2.75, 3.05) is 0 Å². The molecule has 0 N–H and O–H groups in total. The van der Waals surface area contributed by atoms with Gasteiger partial charge in [0.2, 0.25) is 0 Å². The number of carbonyl (C=O) groups is 2. The van der Waals surface area contributed by atoms with Crippen molar-refractivity contribution in [2.45, 2.75) is 20.0 Å². The van der Waals surface area contributed by atoms with Crippen LogP contribution in [-0.2, 0) is 14.3 Å². The highest BCUT2D eigenvalue weighted by Crippen LogP contribution is 2.01. The fraction of sp³-hybridized carbons (Fsp3) is 0.231. The lowest BCUT2D eigenvalue weighted by Gasteiger charge is -2.05. The molecule has 0 saturated carbocycles. The number of hydrogen-bond donors (Lipinski definition) is 0. The molecule has 4 nitrogen and oxygen atoms in total. The molecule has 0 radical (unpaired) electrons. The monoisotopic (exact) mass is 234 g/mol. The van der Waals surface area contributed by atoms with Crippen LogP contribution < -0.4 is 0 Å². The summed E-state index contributed by atoms with van der Waals surface area (Å²) in [5.41, 5.74) is 0.849. The van der Waals surface area contributed by atoms with Crippen molar-refractivity contribution in [3.8, 4) is 0 Å². The van der Waals surface area contributed by atoms with Gasteiger partial charge in [-0.1, -0.05) is 30.3 Å². The standard InChI is InChI=1S/C13H14O4/c1-10(2)16-13(15)17-12(14)9-8-11-6-4-3-5-7-11/h3-10H,1-2H3/b9-8+. The van der Waals surface area contributed by atoms with Crippen LogP contribution in [-0.4, -0.2) is 18.2 Å². The number of ether oxygens (including phenoxy) is 2. The second kappa shape index (κ2) is 6.48. The zero-order valence-electron chi connectivity index (χ0n) is 9.75. The Labute approximate surface area is 99.8 Å². The fourth-order valence-corrected chi connectivity index (χ4v) is 1.06. The van der Waals surface area contributed by atoms with Gasteiger partial charge in [-0.2, -0.15) is 0 Å². The summed E-state index contributed by atoms with van der Waals surface area (Å²) in [6.07, 6.45) is 1.44. The molecule has 0 saturated heterocycles. The van der Waals surface area contributed by atoms with Gasteiger partial charge in [-0.15, -0.1) is 0 Å². The first-order valence-electron chi connectivity index (χ1n) is 5.23. The predicted molar refractivity (Wildman–Crippen MR) is 63.2 cm³/mol. The van der Waals surface area contributed by atoms with Crippen LogP contribution in [0.5, 0.6) is 0 Å². The lowest BCUT2D eigenvalue weighted by atomic mass is 10.2. The molecule has 0 aliphatic carbocycles. The number of carbonyl (C=O) groups excluding carboxylic acids is 2. The maximum atomic E-state index is 11.2. The highest BCUT2D eigenvalue weighted by Gasteiger charge is 2.10. The Bertz CT molecular complexity index is 407. The van der Waals surface area contributed by atoms with E-state index in [0.717, 1.165) is 5.56 Å². The molecule has 0 spiro atoms. The van der Waals surface area contributed by atoms with Crippen LogP contribution in [0.25, 0.3) is 6.08 Å². The molecule has 0 heterocycles. The maximum absolute atomic E-state index is 11.2. The lowest BCUT2D eigenvalue weighted by molar-refractivity contribution is -0.134. The molecule has 1 aromatic carbocycles.